The molecule has 1 saturated heterocycles. The molecule has 3 N–H and O–H groups in total. The lowest BCUT2D eigenvalue weighted by Gasteiger charge is -2.31. The van der Waals surface area contributed by atoms with Crippen molar-refractivity contribution in [3.63, 3.8) is 0 Å². The molecule has 0 aliphatic carbocycles. The maximum absolute atomic E-state index is 12.6. The third-order valence-electron chi connectivity index (χ3n) is 3.82. The number of nitrogens with one attached hydrogen (secondary N) is 1. The van der Waals surface area contributed by atoms with Crippen molar-refractivity contribution in [2.24, 2.45) is 11.7 Å². The highest BCUT2D eigenvalue weighted by molar-refractivity contribution is 9.10. The quantitative estimate of drug-likeness (QED) is 0.847. The van der Waals surface area contributed by atoms with Crippen molar-refractivity contribution in [1.29, 1.82) is 0 Å². The van der Waals surface area contributed by atoms with Crippen LogP contribution >= 0.6 is 15.9 Å². The highest BCUT2D eigenvalue weighted by Gasteiger charge is 2.29. The molecule has 0 radical (unpaired) electrons. The zero-order valence-electron chi connectivity index (χ0n) is 12.4. The van der Waals surface area contributed by atoms with Crippen LogP contribution in [0.15, 0.2) is 16.6 Å². The zero-order valence-corrected chi connectivity index (χ0v) is 14.8. The predicted octanol–water partition coefficient (Wildman–Crippen LogP) is 2.39. The van der Waals surface area contributed by atoms with Gasteiger partial charge in [-0.05, 0) is 72.3 Å². The van der Waals surface area contributed by atoms with E-state index in [1.165, 1.54) is 4.31 Å². The summed E-state index contributed by atoms with van der Waals surface area (Å²) < 4.78 is 30.1. The summed E-state index contributed by atoms with van der Waals surface area (Å²) in [6.07, 6.45) is 1.85. The van der Waals surface area contributed by atoms with E-state index in [2.05, 4.69) is 20.7 Å². The minimum atomic E-state index is -3.54. The molecule has 1 aliphatic rings. The van der Waals surface area contributed by atoms with Crippen LogP contribution < -0.4 is 10.5 Å². The van der Waals surface area contributed by atoms with E-state index in [9.17, 15) is 8.42 Å². The molecule has 1 heterocycles. The molecule has 1 fully saturated rings. The van der Waals surface area contributed by atoms with Crippen LogP contribution in [0.1, 0.15) is 24.0 Å². The van der Waals surface area contributed by atoms with Crippen molar-refractivity contribution in [2.75, 3.05) is 24.4 Å². The second-order valence-corrected chi connectivity index (χ2v) is 8.17. The van der Waals surface area contributed by atoms with Crippen LogP contribution in [0.25, 0.3) is 0 Å². The number of anilines is 1. The van der Waals surface area contributed by atoms with Crippen LogP contribution in [0.5, 0.6) is 0 Å². The Morgan fingerprint density at radius 1 is 1.43 bits per heavy atom. The van der Waals surface area contributed by atoms with Crippen molar-refractivity contribution in [3.05, 3.63) is 27.7 Å². The lowest BCUT2D eigenvalue weighted by atomic mass is 10.0. The molecular formula is C14H22BrN3O2S. The first-order valence-electron chi connectivity index (χ1n) is 7.08. The molecule has 2 rings (SSSR count). The number of piperidine rings is 1. The Morgan fingerprint density at radius 2 is 2.14 bits per heavy atom. The second kappa shape index (κ2) is 6.64. The topological polar surface area (TPSA) is 75.4 Å². The highest BCUT2D eigenvalue weighted by atomic mass is 79.9. The van der Waals surface area contributed by atoms with Crippen molar-refractivity contribution in [1.82, 2.24) is 4.31 Å². The highest BCUT2D eigenvalue weighted by Crippen LogP contribution is 2.30. The molecule has 0 saturated carbocycles. The third-order valence-corrected chi connectivity index (χ3v) is 5.92. The molecule has 1 aliphatic heterocycles. The molecule has 1 aromatic rings. The third kappa shape index (κ3) is 3.97. The first-order valence-corrected chi connectivity index (χ1v) is 9.31. The molecule has 5 nitrogen and oxygen atoms in total. The standard InChI is InChI=1S/C14H22BrN3O2S/c1-10-6-11(2)14(13(15)7-10)17-21(19,20)18-5-3-4-12(8-16)9-18/h6-7,12,17H,3-5,8-9,16H2,1-2H3. The fraction of sp³-hybridized carbons (Fsp3) is 0.571. The summed E-state index contributed by atoms with van der Waals surface area (Å²) in [5.74, 6) is 0.248. The van der Waals surface area contributed by atoms with E-state index in [-0.39, 0.29) is 5.92 Å². The second-order valence-electron chi connectivity index (χ2n) is 5.65. The Balaban J connectivity index is 2.22. The van der Waals surface area contributed by atoms with Gasteiger partial charge in [-0.1, -0.05) is 6.07 Å². The van der Waals surface area contributed by atoms with Gasteiger partial charge >= 0.3 is 10.2 Å². The summed E-state index contributed by atoms with van der Waals surface area (Å²) in [7, 11) is -3.54. The van der Waals surface area contributed by atoms with Gasteiger partial charge < -0.3 is 5.73 Å². The number of halogens is 1. The first kappa shape index (κ1) is 16.7. The number of rotatable bonds is 4. The Labute approximate surface area is 135 Å². The number of nitrogens with two attached hydrogens (primary N) is 1. The Morgan fingerprint density at radius 3 is 2.76 bits per heavy atom. The van der Waals surface area contributed by atoms with Crippen LogP contribution in [-0.4, -0.2) is 32.4 Å². The number of aryl methyl sites for hydroxylation is 2. The number of nitrogens with zero attached hydrogens (tertiary/aromatic N) is 1. The molecule has 21 heavy (non-hydrogen) atoms. The minimum absolute atomic E-state index is 0.248. The first-order chi connectivity index (χ1) is 9.83. The summed E-state index contributed by atoms with van der Waals surface area (Å²) in [6.45, 7) is 5.45. The average molecular weight is 376 g/mol. The zero-order chi connectivity index (χ0) is 15.6. The molecule has 1 atom stereocenters. The molecule has 0 spiro atoms. The van der Waals surface area contributed by atoms with E-state index in [0.717, 1.165) is 28.4 Å². The van der Waals surface area contributed by atoms with E-state index in [4.69, 9.17) is 5.73 Å². The SMILES string of the molecule is Cc1cc(C)c(NS(=O)(=O)N2CCCC(CN)C2)c(Br)c1. The monoisotopic (exact) mass is 375 g/mol. The maximum Gasteiger partial charge on any atom is 0.301 e. The van der Waals surface area contributed by atoms with Gasteiger partial charge in [-0.15, -0.1) is 0 Å². The average Bonchev–Trinajstić information content (AvgIpc) is 2.43. The van der Waals surface area contributed by atoms with Crippen LogP contribution in [-0.2, 0) is 10.2 Å². The van der Waals surface area contributed by atoms with Crippen LogP contribution in [0, 0.1) is 19.8 Å². The normalized spacial score (nSPS) is 20.5. The van der Waals surface area contributed by atoms with Crippen LogP contribution in [0.2, 0.25) is 0 Å². The molecule has 1 aromatic carbocycles. The van der Waals surface area contributed by atoms with Gasteiger partial charge in [0.1, 0.15) is 0 Å². The van der Waals surface area contributed by atoms with E-state index >= 15 is 0 Å². The van der Waals surface area contributed by atoms with E-state index in [0.29, 0.717) is 25.3 Å². The van der Waals surface area contributed by atoms with E-state index in [1.807, 2.05) is 26.0 Å². The predicted molar refractivity (Wildman–Crippen MR) is 89.5 cm³/mol. The lowest BCUT2D eigenvalue weighted by molar-refractivity contribution is 0.273. The van der Waals surface area contributed by atoms with Crippen molar-refractivity contribution in [3.8, 4) is 0 Å². The fourth-order valence-electron chi connectivity index (χ4n) is 2.68. The fourth-order valence-corrected chi connectivity index (χ4v) is 5.01. The van der Waals surface area contributed by atoms with Gasteiger partial charge in [-0.3, -0.25) is 4.72 Å². The van der Waals surface area contributed by atoms with Gasteiger partial charge in [0.05, 0.1) is 5.69 Å². The molecular weight excluding hydrogens is 354 g/mol. The molecule has 0 aromatic heterocycles. The Bertz CT molecular complexity index is 596. The minimum Gasteiger partial charge on any atom is -0.330 e. The summed E-state index contributed by atoms with van der Waals surface area (Å²) in [5.41, 5.74) is 8.27. The molecule has 7 heteroatoms. The largest absolute Gasteiger partial charge is 0.330 e. The summed E-state index contributed by atoms with van der Waals surface area (Å²) in [5, 5.41) is 0. The number of hydrogen-bond acceptors (Lipinski definition) is 3. The summed E-state index contributed by atoms with van der Waals surface area (Å²) in [4.78, 5) is 0. The molecule has 1 unspecified atom stereocenters. The van der Waals surface area contributed by atoms with Gasteiger partial charge in [0, 0.05) is 17.6 Å². The Hall–Kier alpha value is -0.630. The van der Waals surface area contributed by atoms with Gasteiger partial charge in [-0.25, -0.2) is 0 Å². The van der Waals surface area contributed by atoms with Crippen molar-refractivity contribution < 1.29 is 8.42 Å². The van der Waals surface area contributed by atoms with E-state index in [1.54, 1.807) is 0 Å². The molecule has 0 bridgehead atoms. The Kier molecular flexibility index (Phi) is 5.29. The molecule has 0 amide bonds. The lowest BCUT2D eigenvalue weighted by Crippen LogP contribution is -2.44. The smallest absolute Gasteiger partial charge is 0.301 e. The van der Waals surface area contributed by atoms with Gasteiger partial charge in [0.2, 0.25) is 0 Å². The van der Waals surface area contributed by atoms with Crippen molar-refractivity contribution >= 4 is 31.8 Å². The van der Waals surface area contributed by atoms with Gasteiger partial charge in [0.25, 0.3) is 0 Å². The maximum atomic E-state index is 12.6. The van der Waals surface area contributed by atoms with Crippen molar-refractivity contribution in [2.45, 2.75) is 26.7 Å². The van der Waals surface area contributed by atoms with Gasteiger partial charge in [0.15, 0.2) is 0 Å². The summed E-state index contributed by atoms with van der Waals surface area (Å²) >= 11 is 3.43. The number of hydrogen-bond donors (Lipinski definition) is 2. The van der Waals surface area contributed by atoms with Crippen LogP contribution in [0.4, 0.5) is 5.69 Å². The molecule has 118 valence electrons. The number of benzene rings is 1. The summed E-state index contributed by atoms with van der Waals surface area (Å²) in [6, 6.07) is 3.87. The van der Waals surface area contributed by atoms with Crippen LogP contribution in [0.3, 0.4) is 0 Å². The van der Waals surface area contributed by atoms with E-state index < -0.39 is 10.2 Å². The van der Waals surface area contributed by atoms with Gasteiger partial charge in [-0.2, -0.15) is 12.7 Å².